The highest BCUT2D eigenvalue weighted by Crippen LogP contribution is 2.44. The van der Waals surface area contributed by atoms with Crippen molar-refractivity contribution in [2.45, 2.75) is 42.7 Å². The molecule has 0 radical (unpaired) electrons. The minimum atomic E-state index is -4.62. The monoisotopic (exact) mass is 646 g/mol. The van der Waals surface area contributed by atoms with Crippen molar-refractivity contribution in [1.29, 1.82) is 0 Å². The van der Waals surface area contributed by atoms with Gasteiger partial charge in [-0.05, 0) is 91.6 Å². The smallest absolute Gasteiger partial charge is 0.277 e. The molecule has 0 aromatic heterocycles. The lowest BCUT2D eigenvalue weighted by Gasteiger charge is -2.26. The maximum Gasteiger partial charge on any atom is 0.399 e. The Morgan fingerprint density at radius 2 is 1.09 bits per heavy atom. The molecule has 8 nitrogen and oxygen atoms in total. The Kier molecular flexibility index (Phi) is 7.04. The third-order valence-corrected chi connectivity index (χ3v) is 10.2. The summed E-state index contributed by atoms with van der Waals surface area (Å²) in [5, 5.41) is 0. The molecule has 0 spiro atoms. The zero-order chi connectivity index (χ0) is 33.5. The molecule has 0 saturated carbocycles. The number of carbonyl (C=O) groups is 4. The molecule has 6 rings (SSSR count). The van der Waals surface area contributed by atoms with Crippen LogP contribution in [0.25, 0.3) is 0 Å². The van der Waals surface area contributed by atoms with E-state index in [1.807, 2.05) is 0 Å². The van der Waals surface area contributed by atoms with Gasteiger partial charge >= 0.3 is 6.18 Å². The van der Waals surface area contributed by atoms with Gasteiger partial charge < -0.3 is 0 Å². The van der Waals surface area contributed by atoms with E-state index in [2.05, 4.69) is 0 Å². The molecule has 46 heavy (non-hydrogen) atoms. The molecule has 2 aliphatic rings. The van der Waals surface area contributed by atoms with Crippen LogP contribution in [-0.4, -0.2) is 50.2 Å². The Labute approximate surface area is 262 Å². The number of rotatable bonds is 5. The summed E-state index contributed by atoms with van der Waals surface area (Å²) in [6.07, 6.45) is -4.62. The maximum absolute atomic E-state index is 14.4. The van der Waals surface area contributed by atoms with Crippen LogP contribution in [0.5, 0.6) is 0 Å². The Hall–Kier alpha value is -5.10. The number of halogens is 3. The highest BCUT2D eigenvalue weighted by molar-refractivity contribution is 7.91. The van der Waals surface area contributed by atoms with Crippen LogP contribution in [0.4, 0.5) is 18.9 Å². The van der Waals surface area contributed by atoms with E-state index in [1.54, 1.807) is 26.0 Å². The Morgan fingerprint density at radius 3 is 1.63 bits per heavy atom. The van der Waals surface area contributed by atoms with Crippen LogP contribution in [-0.2, 0) is 9.84 Å². The topological polar surface area (TPSA) is 109 Å². The predicted molar refractivity (Wildman–Crippen MR) is 161 cm³/mol. The van der Waals surface area contributed by atoms with Crippen LogP contribution in [0, 0.1) is 20.8 Å². The maximum atomic E-state index is 14.4. The van der Waals surface area contributed by atoms with Gasteiger partial charge in [0.05, 0.1) is 37.7 Å². The molecule has 0 N–H and O–H groups in total. The molecule has 234 valence electrons. The number of sulfone groups is 1. The molecule has 4 aromatic rings. The van der Waals surface area contributed by atoms with Crippen molar-refractivity contribution in [2.24, 2.45) is 0 Å². The van der Waals surface area contributed by atoms with Gasteiger partial charge in [-0.15, -0.1) is 0 Å². The van der Waals surface area contributed by atoms with Crippen LogP contribution >= 0.6 is 0 Å². The molecule has 12 heteroatoms. The SMILES string of the molecule is Cc1ccc(C(c2ccc(N3C(=O)c4ccc(S(=O)(=O)c5ccc6c(c5)C(=O)N(C)C6=O)cc4C3=O)cc2C)C(F)(F)F)c(C)c1. The van der Waals surface area contributed by atoms with Crippen LogP contribution in [0.15, 0.2) is 82.6 Å². The standard InChI is InChI=1S/C34H25F3N2O6S/c1-17-5-9-23(18(2)13-17)29(34(35,36)37)24-10-6-20(14-19(24)3)39-32(42)26-12-8-22(16-28(26)33(39)43)46(44,45)21-7-11-25-27(15-21)31(41)38(4)30(25)40/h5-16,29H,1-4H3. The van der Waals surface area contributed by atoms with Crippen molar-refractivity contribution in [3.63, 3.8) is 0 Å². The summed E-state index contributed by atoms with van der Waals surface area (Å²) < 4.78 is 70.3. The zero-order valence-electron chi connectivity index (χ0n) is 24.9. The van der Waals surface area contributed by atoms with Crippen LogP contribution < -0.4 is 4.90 Å². The van der Waals surface area contributed by atoms with Gasteiger partial charge in [0.25, 0.3) is 23.6 Å². The van der Waals surface area contributed by atoms with E-state index >= 15 is 0 Å². The molecule has 1 atom stereocenters. The number of hydrogen-bond donors (Lipinski definition) is 0. The van der Waals surface area contributed by atoms with Crippen molar-refractivity contribution in [2.75, 3.05) is 11.9 Å². The molecule has 4 amide bonds. The lowest BCUT2D eigenvalue weighted by Crippen LogP contribution is -2.30. The molecule has 0 saturated heterocycles. The minimum absolute atomic E-state index is 0.0318. The van der Waals surface area contributed by atoms with E-state index in [1.165, 1.54) is 56.4 Å². The number of imide groups is 2. The lowest BCUT2D eigenvalue weighted by atomic mass is 9.85. The van der Waals surface area contributed by atoms with Gasteiger partial charge in [-0.2, -0.15) is 13.2 Å². The summed E-state index contributed by atoms with van der Waals surface area (Å²) in [5.74, 6) is -4.76. The number of alkyl halides is 3. The summed E-state index contributed by atoms with van der Waals surface area (Å²) in [6, 6.07) is 15.5. The number of aryl methyl sites for hydroxylation is 3. The van der Waals surface area contributed by atoms with Gasteiger partial charge in [-0.3, -0.25) is 24.1 Å². The fraction of sp³-hybridized carbons (Fsp3) is 0.176. The lowest BCUT2D eigenvalue weighted by molar-refractivity contribution is -0.141. The number of fused-ring (bicyclic) bond motifs is 2. The number of nitrogens with zero attached hydrogens (tertiary/aromatic N) is 2. The average Bonchev–Trinajstić information content (AvgIpc) is 3.37. The molecule has 0 aliphatic carbocycles. The summed E-state index contributed by atoms with van der Waals surface area (Å²) in [5.41, 5.74) is 1.30. The first kappa shape index (κ1) is 30.9. The van der Waals surface area contributed by atoms with Gasteiger partial charge in [0.2, 0.25) is 9.84 Å². The summed E-state index contributed by atoms with van der Waals surface area (Å²) in [4.78, 5) is 52.6. The number of benzene rings is 4. The largest absolute Gasteiger partial charge is 0.399 e. The van der Waals surface area contributed by atoms with Gasteiger partial charge in [0.1, 0.15) is 5.92 Å². The molecular formula is C34H25F3N2O6S. The first-order valence-corrected chi connectivity index (χ1v) is 15.5. The number of amides is 4. The van der Waals surface area contributed by atoms with Gasteiger partial charge in [0.15, 0.2) is 0 Å². The molecule has 0 bridgehead atoms. The van der Waals surface area contributed by atoms with Crippen LogP contribution in [0.1, 0.15) is 75.2 Å². The fourth-order valence-corrected chi connectivity index (χ4v) is 7.37. The quantitative estimate of drug-likeness (QED) is 0.240. The third kappa shape index (κ3) is 4.71. The normalized spacial score (nSPS) is 15.5. The number of carbonyl (C=O) groups excluding carboxylic acids is 4. The fourth-order valence-electron chi connectivity index (χ4n) is 6.06. The highest BCUT2D eigenvalue weighted by Gasteiger charge is 2.44. The van der Waals surface area contributed by atoms with Gasteiger partial charge in [0, 0.05) is 7.05 Å². The van der Waals surface area contributed by atoms with E-state index in [-0.39, 0.29) is 54.4 Å². The van der Waals surface area contributed by atoms with Crippen molar-refractivity contribution in [3.8, 4) is 0 Å². The molecule has 0 fully saturated rings. The van der Waals surface area contributed by atoms with Gasteiger partial charge in [-0.1, -0.05) is 29.8 Å². The highest BCUT2D eigenvalue weighted by atomic mass is 32.2. The van der Waals surface area contributed by atoms with E-state index < -0.39 is 45.6 Å². The van der Waals surface area contributed by atoms with Crippen LogP contribution in [0.2, 0.25) is 0 Å². The van der Waals surface area contributed by atoms with E-state index in [4.69, 9.17) is 0 Å². The number of anilines is 1. The molecule has 4 aromatic carbocycles. The van der Waals surface area contributed by atoms with E-state index in [0.29, 0.717) is 5.56 Å². The second-order valence-electron chi connectivity index (χ2n) is 11.4. The molecular weight excluding hydrogens is 621 g/mol. The van der Waals surface area contributed by atoms with Crippen LogP contribution in [0.3, 0.4) is 0 Å². The first-order chi connectivity index (χ1) is 21.5. The Bertz CT molecular complexity index is 2160. The average molecular weight is 647 g/mol. The second-order valence-corrected chi connectivity index (χ2v) is 13.4. The van der Waals surface area contributed by atoms with Crippen molar-refractivity contribution >= 4 is 39.2 Å². The summed E-state index contributed by atoms with van der Waals surface area (Å²) in [6.45, 7) is 4.87. The summed E-state index contributed by atoms with van der Waals surface area (Å²) in [7, 11) is -3.02. The Balaban J connectivity index is 1.34. The van der Waals surface area contributed by atoms with Crippen molar-refractivity contribution < 1.29 is 40.8 Å². The van der Waals surface area contributed by atoms with E-state index in [9.17, 15) is 40.8 Å². The summed E-state index contributed by atoms with van der Waals surface area (Å²) >= 11 is 0. The molecule has 2 heterocycles. The first-order valence-electron chi connectivity index (χ1n) is 14.0. The number of hydrogen-bond acceptors (Lipinski definition) is 6. The van der Waals surface area contributed by atoms with E-state index in [0.717, 1.165) is 33.6 Å². The predicted octanol–water partition coefficient (Wildman–Crippen LogP) is 6.17. The van der Waals surface area contributed by atoms with Gasteiger partial charge in [-0.25, -0.2) is 13.3 Å². The third-order valence-electron chi connectivity index (χ3n) is 8.43. The van der Waals surface area contributed by atoms with Crippen molar-refractivity contribution in [3.05, 3.63) is 123 Å². The van der Waals surface area contributed by atoms with Crippen molar-refractivity contribution in [1.82, 2.24) is 4.90 Å². The molecule has 1 unspecified atom stereocenters. The Morgan fingerprint density at radius 1 is 0.609 bits per heavy atom. The zero-order valence-corrected chi connectivity index (χ0v) is 25.7. The molecule has 2 aliphatic heterocycles. The second kappa shape index (κ2) is 10.5. The minimum Gasteiger partial charge on any atom is -0.277 e.